The number of thioether (sulfide) groups is 1. The zero-order chi connectivity index (χ0) is 19.0. The minimum Gasteiger partial charge on any atom is -0.296 e. The molecule has 0 atom stereocenters. The Labute approximate surface area is 165 Å². The lowest BCUT2D eigenvalue weighted by atomic mass is 10.1. The molecule has 0 radical (unpaired) electrons. The van der Waals surface area contributed by atoms with Crippen LogP contribution in [0.15, 0.2) is 65.7 Å². The van der Waals surface area contributed by atoms with Crippen LogP contribution in [0.3, 0.4) is 0 Å². The van der Waals surface area contributed by atoms with E-state index in [4.69, 9.17) is 12.2 Å². The molecule has 1 aliphatic heterocycles. The van der Waals surface area contributed by atoms with Crippen LogP contribution in [-0.2, 0) is 4.79 Å². The number of carbonyl (C=O) groups is 1. The van der Waals surface area contributed by atoms with E-state index in [1.54, 1.807) is 29.9 Å². The van der Waals surface area contributed by atoms with Crippen molar-refractivity contribution >= 4 is 40.3 Å². The molecule has 27 heavy (non-hydrogen) atoms. The summed E-state index contributed by atoms with van der Waals surface area (Å²) in [5.41, 5.74) is 3.09. The zero-order valence-electron chi connectivity index (χ0n) is 14.3. The fourth-order valence-corrected chi connectivity index (χ4v) is 3.90. The minimum absolute atomic E-state index is 0.137. The van der Waals surface area contributed by atoms with Crippen molar-refractivity contribution in [1.82, 2.24) is 14.7 Å². The van der Waals surface area contributed by atoms with Crippen LogP contribution >= 0.6 is 24.0 Å². The van der Waals surface area contributed by atoms with Crippen molar-refractivity contribution in [3.05, 3.63) is 77.1 Å². The molecule has 0 aliphatic carbocycles. The van der Waals surface area contributed by atoms with Crippen molar-refractivity contribution in [2.24, 2.45) is 0 Å². The second-order valence-corrected chi connectivity index (χ2v) is 7.64. The van der Waals surface area contributed by atoms with Gasteiger partial charge in [0.05, 0.1) is 16.3 Å². The minimum atomic E-state index is -0.311. The third-order valence-corrected chi connectivity index (χ3v) is 5.64. The molecular weight excluding hydrogens is 381 g/mol. The van der Waals surface area contributed by atoms with Crippen molar-refractivity contribution in [3.8, 4) is 16.9 Å². The summed E-state index contributed by atoms with van der Waals surface area (Å²) in [5, 5.41) is 4.67. The molecule has 4 nitrogen and oxygen atoms in total. The second kappa shape index (κ2) is 7.09. The molecule has 0 N–H and O–H groups in total. The third kappa shape index (κ3) is 3.43. The van der Waals surface area contributed by atoms with Gasteiger partial charge in [0.2, 0.25) is 0 Å². The summed E-state index contributed by atoms with van der Waals surface area (Å²) in [6, 6.07) is 15.8. The van der Waals surface area contributed by atoms with Crippen molar-refractivity contribution in [1.29, 1.82) is 0 Å². The molecule has 0 unspecified atom stereocenters. The summed E-state index contributed by atoms with van der Waals surface area (Å²) in [6.07, 6.45) is 3.64. The molecule has 0 spiro atoms. The molecule has 134 valence electrons. The van der Waals surface area contributed by atoms with E-state index in [1.807, 2.05) is 36.5 Å². The van der Waals surface area contributed by atoms with Gasteiger partial charge in [-0.1, -0.05) is 42.2 Å². The quantitative estimate of drug-likeness (QED) is 0.483. The number of para-hydroxylation sites is 1. The fraction of sp³-hybridized carbons (Fsp3) is 0.0500. The number of thiocarbonyl (C=S) groups is 1. The Balaban J connectivity index is 1.84. The summed E-state index contributed by atoms with van der Waals surface area (Å²) in [4.78, 5) is 14.4. The molecule has 0 bridgehead atoms. The van der Waals surface area contributed by atoms with E-state index in [-0.39, 0.29) is 11.7 Å². The van der Waals surface area contributed by atoms with E-state index < -0.39 is 0 Å². The van der Waals surface area contributed by atoms with Gasteiger partial charge in [0.15, 0.2) is 0 Å². The maximum absolute atomic E-state index is 13.3. The lowest BCUT2D eigenvalue weighted by molar-refractivity contribution is -0.121. The van der Waals surface area contributed by atoms with Gasteiger partial charge in [-0.05, 0) is 42.5 Å². The van der Waals surface area contributed by atoms with Crippen LogP contribution in [0.2, 0.25) is 0 Å². The van der Waals surface area contributed by atoms with Crippen molar-refractivity contribution in [2.75, 3.05) is 7.05 Å². The first-order valence-electron chi connectivity index (χ1n) is 8.15. The predicted molar refractivity (Wildman–Crippen MR) is 110 cm³/mol. The highest BCUT2D eigenvalue weighted by molar-refractivity contribution is 8.26. The maximum atomic E-state index is 13.3. The van der Waals surface area contributed by atoms with Crippen LogP contribution in [0, 0.1) is 5.82 Å². The zero-order valence-corrected chi connectivity index (χ0v) is 15.9. The van der Waals surface area contributed by atoms with Crippen LogP contribution in [0.25, 0.3) is 23.0 Å². The second-order valence-electron chi connectivity index (χ2n) is 5.96. The van der Waals surface area contributed by atoms with E-state index in [0.717, 1.165) is 16.8 Å². The number of amides is 1. The highest BCUT2D eigenvalue weighted by Crippen LogP contribution is 2.34. The molecular formula is C20H14FN3OS2. The van der Waals surface area contributed by atoms with Crippen molar-refractivity contribution in [3.63, 3.8) is 0 Å². The first-order chi connectivity index (χ1) is 13.0. The van der Waals surface area contributed by atoms with Gasteiger partial charge in [-0.3, -0.25) is 9.69 Å². The van der Waals surface area contributed by atoms with E-state index in [0.29, 0.717) is 14.9 Å². The Kier molecular flexibility index (Phi) is 4.63. The highest BCUT2D eigenvalue weighted by Gasteiger charge is 2.29. The van der Waals surface area contributed by atoms with Gasteiger partial charge >= 0.3 is 0 Å². The van der Waals surface area contributed by atoms with Gasteiger partial charge in [-0.25, -0.2) is 9.07 Å². The lowest BCUT2D eigenvalue weighted by Crippen LogP contribution is -2.22. The Morgan fingerprint density at radius 2 is 1.81 bits per heavy atom. The molecule has 2 aromatic carbocycles. The number of halogens is 1. The van der Waals surface area contributed by atoms with E-state index in [1.165, 1.54) is 28.8 Å². The number of hydrogen-bond donors (Lipinski definition) is 0. The standard InChI is InChI=1S/C20H14FN3OS2/c1-23-19(25)17(27-20(23)26)11-14-12-24(16-5-3-2-4-6-16)22-18(14)13-7-9-15(21)10-8-13/h2-12H,1H3/b17-11-. The maximum Gasteiger partial charge on any atom is 0.265 e. The molecule has 1 fully saturated rings. The molecule has 7 heteroatoms. The third-order valence-electron chi connectivity index (χ3n) is 4.15. The van der Waals surface area contributed by atoms with Gasteiger partial charge in [0.25, 0.3) is 5.91 Å². The van der Waals surface area contributed by atoms with Gasteiger partial charge in [0, 0.05) is 24.4 Å². The number of hydrogen-bond acceptors (Lipinski definition) is 4. The average molecular weight is 395 g/mol. The van der Waals surface area contributed by atoms with Crippen LogP contribution < -0.4 is 0 Å². The molecule has 3 aromatic rings. The van der Waals surface area contributed by atoms with Gasteiger partial charge in [0.1, 0.15) is 10.1 Å². The van der Waals surface area contributed by atoms with E-state index in [9.17, 15) is 9.18 Å². The fourth-order valence-electron chi connectivity index (χ4n) is 2.72. The summed E-state index contributed by atoms with van der Waals surface area (Å²) in [5.74, 6) is -0.447. The summed E-state index contributed by atoms with van der Waals surface area (Å²) >= 11 is 6.46. The molecule has 1 amide bonds. The summed E-state index contributed by atoms with van der Waals surface area (Å²) in [7, 11) is 1.66. The number of nitrogens with zero attached hydrogens (tertiary/aromatic N) is 3. The van der Waals surface area contributed by atoms with E-state index >= 15 is 0 Å². The molecule has 0 saturated carbocycles. The lowest BCUT2D eigenvalue weighted by Gasteiger charge is -2.03. The smallest absolute Gasteiger partial charge is 0.265 e. The van der Waals surface area contributed by atoms with Gasteiger partial charge < -0.3 is 0 Å². The monoisotopic (exact) mass is 395 g/mol. The molecule has 4 rings (SSSR count). The average Bonchev–Trinajstić information content (AvgIpc) is 3.20. The normalized spacial score (nSPS) is 15.8. The number of likely N-dealkylation sites (N-methyl/N-ethyl adjacent to an activating group) is 1. The van der Waals surface area contributed by atoms with Crippen LogP contribution in [-0.4, -0.2) is 32.0 Å². The number of rotatable bonds is 3. The molecule has 1 aliphatic rings. The van der Waals surface area contributed by atoms with Crippen LogP contribution in [0.5, 0.6) is 0 Å². The van der Waals surface area contributed by atoms with Crippen LogP contribution in [0.1, 0.15) is 5.56 Å². The molecule has 1 aromatic heterocycles. The first-order valence-corrected chi connectivity index (χ1v) is 9.38. The first kappa shape index (κ1) is 17.6. The Hall–Kier alpha value is -2.77. The Morgan fingerprint density at radius 1 is 1.11 bits per heavy atom. The number of benzene rings is 2. The van der Waals surface area contributed by atoms with Crippen LogP contribution in [0.4, 0.5) is 4.39 Å². The van der Waals surface area contributed by atoms with E-state index in [2.05, 4.69) is 5.10 Å². The summed E-state index contributed by atoms with van der Waals surface area (Å²) in [6.45, 7) is 0. The van der Waals surface area contributed by atoms with Gasteiger partial charge in [-0.2, -0.15) is 5.10 Å². The van der Waals surface area contributed by atoms with Crippen molar-refractivity contribution < 1.29 is 9.18 Å². The summed E-state index contributed by atoms with van der Waals surface area (Å²) < 4.78 is 15.6. The predicted octanol–water partition coefficient (Wildman–Crippen LogP) is 4.51. The van der Waals surface area contributed by atoms with Gasteiger partial charge in [-0.15, -0.1) is 0 Å². The van der Waals surface area contributed by atoms with Crippen molar-refractivity contribution in [2.45, 2.75) is 0 Å². The topological polar surface area (TPSA) is 38.1 Å². The Morgan fingerprint density at radius 3 is 2.44 bits per heavy atom. The Bertz CT molecular complexity index is 1060. The largest absolute Gasteiger partial charge is 0.296 e. The SMILES string of the molecule is CN1C(=O)/C(=C/c2cn(-c3ccccc3)nc2-c2ccc(F)cc2)SC1=S. The highest BCUT2D eigenvalue weighted by atomic mass is 32.2. The molecule has 1 saturated heterocycles. The number of carbonyl (C=O) groups excluding carboxylic acids is 1. The molecule has 2 heterocycles. The number of aromatic nitrogens is 2.